The first kappa shape index (κ1) is 14.8. The third-order valence-corrected chi connectivity index (χ3v) is 5.65. The first-order valence-corrected chi connectivity index (χ1v) is 9.18. The van der Waals surface area contributed by atoms with Crippen molar-refractivity contribution in [1.29, 1.82) is 0 Å². The Labute approximate surface area is 140 Å². The number of rotatable bonds is 3. The van der Waals surface area contributed by atoms with Crippen LogP contribution in [0.5, 0.6) is 0 Å². The molecule has 4 rings (SSSR count). The lowest BCUT2D eigenvalue weighted by Gasteiger charge is -2.25. The molecule has 4 nitrogen and oxygen atoms in total. The summed E-state index contributed by atoms with van der Waals surface area (Å²) in [5.41, 5.74) is 5.82. The highest BCUT2D eigenvalue weighted by Crippen LogP contribution is 2.30. The quantitative estimate of drug-likeness (QED) is 0.730. The number of nitrogens with zero attached hydrogens (tertiary/aromatic N) is 4. The summed E-state index contributed by atoms with van der Waals surface area (Å²) >= 11 is 1.80. The van der Waals surface area contributed by atoms with Gasteiger partial charge in [0.2, 0.25) is 0 Å². The van der Waals surface area contributed by atoms with Gasteiger partial charge in [-0.3, -0.25) is 9.58 Å². The van der Waals surface area contributed by atoms with Gasteiger partial charge >= 0.3 is 0 Å². The van der Waals surface area contributed by atoms with Gasteiger partial charge in [0.15, 0.2) is 0 Å². The molecule has 0 spiro atoms. The van der Waals surface area contributed by atoms with Crippen molar-refractivity contribution >= 4 is 22.4 Å². The van der Waals surface area contributed by atoms with Crippen LogP contribution in [0.15, 0.2) is 23.7 Å². The van der Waals surface area contributed by atoms with Crippen molar-refractivity contribution in [2.24, 2.45) is 7.05 Å². The molecule has 1 aliphatic heterocycles. The van der Waals surface area contributed by atoms with Gasteiger partial charge in [-0.2, -0.15) is 5.10 Å². The number of piperidine rings is 1. The molecule has 0 N–H and O–H groups in total. The van der Waals surface area contributed by atoms with E-state index in [1.165, 1.54) is 48.4 Å². The summed E-state index contributed by atoms with van der Waals surface area (Å²) in [7, 11) is 1.97. The van der Waals surface area contributed by atoms with Gasteiger partial charge in [0.25, 0.3) is 0 Å². The number of likely N-dealkylation sites (tertiary alicyclic amines) is 1. The molecular formula is C18H22N4S. The van der Waals surface area contributed by atoms with Crippen molar-refractivity contribution < 1.29 is 0 Å². The molecule has 23 heavy (non-hydrogen) atoms. The lowest BCUT2D eigenvalue weighted by Crippen LogP contribution is -2.28. The van der Waals surface area contributed by atoms with E-state index in [-0.39, 0.29) is 0 Å². The van der Waals surface area contributed by atoms with Crippen molar-refractivity contribution in [3.8, 4) is 10.6 Å². The maximum atomic E-state index is 4.80. The van der Waals surface area contributed by atoms with Gasteiger partial charge < -0.3 is 0 Å². The number of fused-ring (bicyclic) bond motifs is 1. The lowest BCUT2D eigenvalue weighted by atomic mass is 10.1. The molecule has 0 unspecified atom stereocenters. The lowest BCUT2D eigenvalue weighted by molar-refractivity contribution is 0.221. The number of thiophene rings is 1. The zero-order chi connectivity index (χ0) is 15.8. The molecule has 4 heterocycles. The zero-order valence-electron chi connectivity index (χ0n) is 13.7. The molecule has 0 aliphatic carbocycles. The Morgan fingerprint density at radius 1 is 1.17 bits per heavy atom. The fourth-order valence-electron chi connectivity index (χ4n) is 3.50. The summed E-state index contributed by atoms with van der Waals surface area (Å²) in [4.78, 5) is 8.62. The van der Waals surface area contributed by atoms with Crippen molar-refractivity contribution in [1.82, 2.24) is 19.7 Å². The molecule has 0 bridgehead atoms. The van der Waals surface area contributed by atoms with Crippen LogP contribution in [0, 0.1) is 6.92 Å². The number of pyridine rings is 1. The Kier molecular flexibility index (Phi) is 3.91. The summed E-state index contributed by atoms with van der Waals surface area (Å²) in [6.45, 7) is 5.69. The normalized spacial score (nSPS) is 16.3. The summed E-state index contributed by atoms with van der Waals surface area (Å²) in [6.07, 6.45) is 5.93. The maximum absolute atomic E-state index is 4.80. The van der Waals surface area contributed by atoms with Crippen LogP contribution >= 0.6 is 11.3 Å². The van der Waals surface area contributed by atoms with Crippen LogP contribution in [0.4, 0.5) is 0 Å². The van der Waals surface area contributed by atoms with Crippen molar-refractivity contribution in [2.75, 3.05) is 13.1 Å². The standard InChI is InChI=1S/C18H22N4S/c1-13-8-15(20-16-10-19-21(2)18(13)16)17-9-14(12-23-17)11-22-6-4-3-5-7-22/h8-10,12H,3-7,11H2,1-2H3. The fraction of sp³-hybridized carbons (Fsp3) is 0.444. The number of aromatic nitrogens is 3. The predicted molar refractivity (Wildman–Crippen MR) is 95.7 cm³/mol. The van der Waals surface area contributed by atoms with Gasteiger partial charge in [0.05, 0.1) is 22.3 Å². The monoisotopic (exact) mass is 326 g/mol. The van der Waals surface area contributed by atoms with Crippen LogP contribution < -0.4 is 0 Å². The molecule has 5 heteroatoms. The Balaban J connectivity index is 1.61. The van der Waals surface area contributed by atoms with Gasteiger partial charge in [0.1, 0.15) is 5.52 Å². The van der Waals surface area contributed by atoms with E-state index < -0.39 is 0 Å². The highest BCUT2D eigenvalue weighted by molar-refractivity contribution is 7.13. The van der Waals surface area contributed by atoms with Crippen molar-refractivity contribution in [3.63, 3.8) is 0 Å². The number of hydrogen-bond donors (Lipinski definition) is 0. The van der Waals surface area contributed by atoms with E-state index in [0.717, 1.165) is 23.3 Å². The smallest absolute Gasteiger partial charge is 0.109 e. The van der Waals surface area contributed by atoms with Gasteiger partial charge in [-0.1, -0.05) is 6.42 Å². The highest BCUT2D eigenvalue weighted by Gasteiger charge is 2.13. The first-order valence-electron chi connectivity index (χ1n) is 8.30. The molecular weight excluding hydrogens is 304 g/mol. The Hall–Kier alpha value is -1.72. The van der Waals surface area contributed by atoms with E-state index in [1.54, 1.807) is 11.3 Å². The molecule has 1 fully saturated rings. The number of aryl methyl sites for hydroxylation is 2. The van der Waals surface area contributed by atoms with Crippen molar-refractivity contribution in [3.05, 3.63) is 34.8 Å². The second-order valence-corrected chi connectivity index (χ2v) is 7.39. The summed E-state index contributed by atoms with van der Waals surface area (Å²) in [6, 6.07) is 4.49. The predicted octanol–water partition coefficient (Wildman–Crippen LogP) is 3.99. The molecule has 3 aromatic rings. The van der Waals surface area contributed by atoms with Crippen LogP contribution in [0.1, 0.15) is 30.4 Å². The Morgan fingerprint density at radius 3 is 2.83 bits per heavy atom. The van der Waals surface area contributed by atoms with Gasteiger partial charge in [-0.15, -0.1) is 11.3 Å². The van der Waals surface area contributed by atoms with E-state index in [9.17, 15) is 0 Å². The fourth-order valence-corrected chi connectivity index (χ4v) is 4.36. The zero-order valence-corrected chi connectivity index (χ0v) is 14.6. The van der Waals surface area contributed by atoms with E-state index in [2.05, 4.69) is 34.4 Å². The molecule has 0 radical (unpaired) electrons. The van der Waals surface area contributed by atoms with Crippen LogP contribution in [-0.2, 0) is 13.6 Å². The highest BCUT2D eigenvalue weighted by atomic mass is 32.1. The van der Waals surface area contributed by atoms with Crippen LogP contribution in [-0.4, -0.2) is 32.8 Å². The minimum atomic E-state index is 0.980. The summed E-state index contributed by atoms with van der Waals surface area (Å²) in [5, 5.41) is 6.61. The van der Waals surface area contributed by atoms with E-state index in [4.69, 9.17) is 4.98 Å². The molecule has 1 aliphatic rings. The third kappa shape index (κ3) is 2.91. The maximum Gasteiger partial charge on any atom is 0.109 e. The number of hydrogen-bond acceptors (Lipinski definition) is 4. The molecule has 0 atom stereocenters. The third-order valence-electron chi connectivity index (χ3n) is 4.65. The van der Waals surface area contributed by atoms with Crippen molar-refractivity contribution in [2.45, 2.75) is 32.7 Å². The van der Waals surface area contributed by atoms with E-state index >= 15 is 0 Å². The summed E-state index contributed by atoms with van der Waals surface area (Å²) < 4.78 is 1.90. The molecule has 120 valence electrons. The average Bonchev–Trinajstić information content (AvgIpc) is 3.16. The largest absolute Gasteiger partial charge is 0.299 e. The SMILES string of the molecule is Cc1cc(-c2cc(CN3CCCCC3)cs2)nc2cnn(C)c12. The van der Waals surface area contributed by atoms with Crippen LogP contribution in [0.2, 0.25) is 0 Å². The molecule has 3 aromatic heterocycles. The second kappa shape index (κ2) is 6.06. The van der Waals surface area contributed by atoms with Gasteiger partial charge in [-0.05, 0) is 61.5 Å². The Morgan fingerprint density at radius 2 is 2.00 bits per heavy atom. The topological polar surface area (TPSA) is 34.0 Å². The van der Waals surface area contributed by atoms with Gasteiger partial charge in [-0.25, -0.2) is 4.98 Å². The molecule has 1 saturated heterocycles. The van der Waals surface area contributed by atoms with Crippen LogP contribution in [0.25, 0.3) is 21.6 Å². The first-order chi connectivity index (χ1) is 11.2. The minimum Gasteiger partial charge on any atom is -0.299 e. The van der Waals surface area contributed by atoms with E-state index in [0.29, 0.717) is 0 Å². The average molecular weight is 326 g/mol. The van der Waals surface area contributed by atoms with Crippen LogP contribution in [0.3, 0.4) is 0 Å². The molecule has 0 amide bonds. The minimum absolute atomic E-state index is 0.980. The second-order valence-electron chi connectivity index (χ2n) is 6.48. The Bertz CT molecular complexity index is 827. The van der Waals surface area contributed by atoms with E-state index in [1.807, 2.05) is 17.9 Å². The molecule has 0 aromatic carbocycles. The summed E-state index contributed by atoms with van der Waals surface area (Å²) in [5.74, 6) is 0. The molecule has 0 saturated carbocycles. The van der Waals surface area contributed by atoms with Gasteiger partial charge in [0, 0.05) is 13.6 Å².